The molecule has 3 rings (SSSR count). The second-order valence-electron chi connectivity index (χ2n) is 6.24. The number of rotatable bonds is 9. The molecule has 0 aliphatic heterocycles. The van der Waals surface area contributed by atoms with Gasteiger partial charge in [0.2, 0.25) is 11.0 Å². The highest BCUT2D eigenvalue weighted by Crippen LogP contribution is 2.26. The molecule has 0 aliphatic rings. The van der Waals surface area contributed by atoms with Crippen LogP contribution in [0.5, 0.6) is 5.75 Å². The zero-order chi connectivity index (χ0) is 20.6. The highest BCUT2D eigenvalue weighted by Gasteiger charge is 2.12. The molecule has 0 bridgehead atoms. The molecule has 1 heterocycles. The Kier molecular flexibility index (Phi) is 7.42. The van der Waals surface area contributed by atoms with Gasteiger partial charge >= 0.3 is 0 Å². The predicted molar refractivity (Wildman–Crippen MR) is 114 cm³/mol. The highest BCUT2D eigenvalue weighted by molar-refractivity contribution is 8.01. The molecular weight excluding hydrogens is 411 g/mol. The first-order chi connectivity index (χ1) is 14.0. The van der Waals surface area contributed by atoms with E-state index in [9.17, 15) is 9.18 Å². The Labute approximate surface area is 177 Å². The van der Waals surface area contributed by atoms with E-state index in [2.05, 4.69) is 15.5 Å². The number of methoxy groups -OCH3 is 1. The largest absolute Gasteiger partial charge is 0.497 e. The summed E-state index contributed by atoms with van der Waals surface area (Å²) in [5, 5.41) is 12.2. The van der Waals surface area contributed by atoms with E-state index in [-0.39, 0.29) is 17.5 Å². The summed E-state index contributed by atoms with van der Waals surface area (Å²) >= 11 is 2.77. The van der Waals surface area contributed by atoms with Gasteiger partial charge in [0.25, 0.3) is 0 Å². The third kappa shape index (κ3) is 6.43. The van der Waals surface area contributed by atoms with Crippen LogP contribution >= 0.6 is 23.1 Å². The van der Waals surface area contributed by atoms with E-state index in [0.717, 1.165) is 21.2 Å². The van der Waals surface area contributed by atoms with Gasteiger partial charge in [0.15, 0.2) is 4.34 Å². The molecule has 0 atom stereocenters. The number of nitrogens with one attached hydrogen (secondary N) is 1. The lowest BCUT2D eigenvalue weighted by atomic mass is 10.2. The van der Waals surface area contributed by atoms with Crippen LogP contribution in [0, 0.1) is 5.82 Å². The standard InChI is InChI=1S/C20H21FN4O2S2/c1-25(12-15-3-7-16(21)8-4-15)18(26)13-28-20-24-23-19(29-20)22-11-14-5-9-17(27-2)10-6-14/h3-10H,11-13H2,1-2H3,(H,22,23). The molecule has 0 saturated carbocycles. The van der Waals surface area contributed by atoms with Crippen molar-refractivity contribution in [3.63, 3.8) is 0 Å². The molecule has 1 aromatic heterocycles. The van der Waals surface area contributed by atoms with Gasteiger partial charge in [-0.2, -0.15) is 0 Å². The zero-order valence-electron chi connectivity index (χ0n) is 16.1. The zero-order valence-corrected chi connectivity index (χ0v) is 17.7. The number of thioether (sulfide) groups is 1. The minimum atomic E-state index is -0.286. The summed E-state index contributed by atoms with van der Waals surface area (Å²) < 4.78 is 18.8. The van der Waals surface area contributed by atoms with Crippen molar-refractivity contribution in [3.8, 4) is 5.75 Å². The lowest BCUT2D eigenvalue weighted by Crippen LogP contribution is -2.27. The number of benzene rings is 2. The van der Waals surface area contributed by atoms with E-state index < -0.39 is 0 Å². The lowest BCUT2D eigenvalue weighted by molar-refractivity contribution is -0.127. The highest BCUT2D eigenvalue weighted by atomic mass is 32.2. The summed E-state index contributed by atoms with van der Waals surface area (Å²) in [5.41, 5.74) is 1.99. The minimum absolute atomic E-state index is 0.0257. The Balaban J connectivity index is 1.44. The Morgan fingerprint density at radius 1 is 1.14 bits per heavy atom. The van der Waals surface area contributed by atoms with Crippen LogP contribution in [0.15, 0.2) is 52.9 Å². The SMILES string of the molecule is COc1ccc(CNc2nnc(SCC(=O)N(C)Cc3ccc(F)cc3)s2)cc1. The number of ether oxygens (including phenoxy) is 1. The van der Waals surface area contributed by atoms with Gasteiger partial charge in [-0.15, -0.1) is 10.2 Å². The first-order valence-corrected chi connectivity index (χ1v) is 10.6. The minimum Gasteiger partial charge on any atom is -0.497 e. The first-order valence-electron chi connectivity index (χ1n) is 8.85. The third-order valence-corrected chi connectivity index (χ3v) is 6.09. The van der Waals surface area contributed by atoms with E-state index in [4.69, 9.17) is 4.74 Å². The van der Waals surface area contributed by atoms with Gasteiger partial charge in [0.1, 0.15) is 11.6 Å². The molecule has 29 heavy (non-hydrogen) atoms. The van der Waals surface area contributed by atoms with E-state index in [1.165, 1.54) is 35.2 Å². The second kappa shape index (κ2) is 10.2. The van der Waals surface area contributed by atoms with Crippen molar-refractivity contribution in [1.29, 1.82) is 0 Å². The van der Waals surface area contributed by atoms with Gasteiger partial charge in [-0.3, -0.25) is 4.79 Å². The number of nitrogens with zero attached hydrogens (tertiary/aromatic N) is 3. The molecule has 0 unspecified atom stereocenters. The normalized spacial score (nSPS) is 10.6. The van der Waals surface area contributed by atoms with Crippen molar-refractivity contribution in [2.24, 2.45) is 0 Å². The van der Waals surface area contributed by atoms with Gasteiger partial charge < -0.3 is 15.0 Å². The fourth-order valence-corrected chi connectivity index (χ4v) is 4.13. The van der Waals surface area contributed by atoms with E-state index in [0.29, 0.717) is 18.2 Å². The van der Waals surface area contributed by atoms with Gasteiger partial charge in [-0.25, -0.2) is 4.39 Å². The molecule has 152 valence electrons. The molecule has 2 aromatic carbocycles. The Morgan fingerprint density at radius 3 is 2.52 bits per heavy atom. The van der Waals surface area contributed by atoms with E-state index >= 15 is 0 Å². The molecule has 3 aromatic rings. The number of amides is 1. The van der Waals surface area contributed by atoms with Crippen LogP contribution in [0.4, 0.5) is 9.52 Å². The summed E-state index contributed by atoms with van der Waals surface area (Å²) in [6.07, 6.45) is 0. The summed E-state index contributed by atoms with van der Waals surface area (Å²) in [5.74, 6) is 0.774. The smallest absolute Gasteiger partial charge is 0.233 e. The van der Waals surface area contributed by atoms with Crippen molar-refractivity contribution in [1.82, 2.24) is 15.1 Å². The molecule has 1 N–H and O–H groups in total. The summed E-state index contributed by atoms with van der Waals surface area (Å²) in [6, 6.07) is 13.9. The molecule has 0 aliphatic carbocycles. The fraction of sp³-hybridized carbons (Fsp3) is 0.250. The number of anilines is 1. The summed E-state index contributed by atoms with van der Waals surface area (Å²) in [7, 11) is 3.37. The maximum atomic E-state index is 13.0. The Hall–Kier alpha value is -2.65. The third-order valence-electron chi connectivity index (χ3n) is 4.09. The number of carbonyl (C=O) groups excluding carboxylic acids is 1. The molecule has 6 nitrogen and oxygen atoms in total. The second-order valence-corrected chi connectivity index (χ2v) is 8.44. The van der Waals surface area contributed by atoms with Crippen LogP contribution in [0.2, 0.25) is 0 Å². The average Bonchev–Trinajstić information content (AvgIpc) is 3.20. The van der Waals surface area contributed by atoms with Crippen LogP contribution in [0.1, 0.15) is 11.1 Å². The van der Waals surface area contributed by atoms with Crippen molar-refractivity contribution in [2.75, 3.05) is 25.2 Å². The quantitative estimate of drug-likeness (QED) is 0.515. The van der Waals surface area contributed by atoms with E-state index in [1.54, 1.807) is 31.2 Å². The van der Waals surface area contributed by atoms with Crippen LogP contribution in [0.3, 0.4) is 0 Å². The fourth-order valence-electron chi connectivity index (χ4n) is 2.45. The number of hydrogen-bond acceptors (Lipinski definition) is 7. The lowest BCUT2D eigenvalue weighted by Gasteiger charge is -2.16. The Morgan fingerprint density at radius 2 is 1.83 bits per heavy atom. The van der Waals surface area contributed by atoms with Crippen LogP contribution in [-0.2, 0) is 17.9 Å². The number of aromatic nitrogens is 2. The molecule has 0 spiro atoms. The molecule has 0 radical (unpaired) electrons. The monoisotopic (exact) mass is 432 g/mol. The summed E-state index contributed by atoms with van der Waals surface area (Å²) in [4.78, 5) is 13.9. The van der Waals surface area contributed by atoms with Gasteiger partial charge in [0.05, 0.1) is 12.9 Å². The maximum absolute atomic E-state index is 13.0. The van der Waals surface area contributed by atoms with Crippen LogP contribution in [-0.4, -0.2) is 40.9 Å². The number of carbonyl (C=O) groups is 1. The number of halogens is 1. The van der Waals surface area contributed by atoms with Crippen molar-refractivity contribution in [3.05, 3.63) is 65.5 Å². The predicted octanol–water partition coefficient (Wildman–Crippen LogP) is 4.05. The topological polar surface area (TPSA) is 67.3 Å². The van der Waals surface area contributed by atoms with Crippen LogP contribution < -0.4 is 10.1 Å². The average molecular weight is 433 g/mol. The van der Waals surface area contributed by atoms with Crippen molar-refractivity contribution >= 4 is 34.1 Å². The van der Waals surface area contributed by atoms with Crippen LogP contribution in [0.25, 0.3) is 0 Å². The molecular formula is C20H21FN4O2S2. The Bertz CT molecular complexity index is 932. The maximum Gasteiger partial charge on any atom is 0.233 e. The number of hydrogen-bond donors (Lipinski definition) is 1. The van der Waals surface area contributed by atoms with Gasteiger partial charge in [-0.1, -0.05) is 47.4 Å². The van der Waals surface area contributed by atoms with Gasteiger partial charge in [-0.05, 0) is 35.4 Å². The molecule has 0 saturated heterocycles. The first kappa shape index (κ1) is 21.1. The molecule has 1 amide bonds. The molecule has 9 heteroatoms. The molecule has 0 fully saturated rings. The van der Waals surface area contributed by atoms with E-state index in [1.807, 2.05) is 24.3 Å². The summed E-state index contributed by atoms with van der Waals surface area (Å²) in [6.45, 7) is 1.06. The van der Waals surface area contributed by atoms with Crippen molar-refractivity contribution in [2.45, 2.75) is 17.4 Å². The van der Waals surface area contributed by atoms with Gasteiger partial charge in [0, 0.05) is 20.1 Å². The van der Waals surface area contributed by atoms with Crippen molar-refractivity contribution < 1.29 is 13.9 Å².